The number of halogens is 1. The SMILES string of the molecule is Nc1ncc(-c2ccc(F)cc2)c([C@H]2CCCN2C(=O)COc2ccccc2)n1. The summed E-state index contributed by atoms with van der Waals surface area (Å²) in [6.45, 7) is 0.571. The van der Waals surface area contributed by atoms with Crippen LogP contribution >= 0.6 is 0 Å². The van der Waals surface area contributed by atoms with Gasteiger partial charge in [-0.3, -0.25) is 4.79 Å². The molecular formula is C22H21FN4O2. The summed E-state index contributed by atoms with van der Waals surface area (Å²) in [5.74, 6) is 0.363. The molecule has 7 heteroatoms. The lowest BCUT2D eigenvalue weighted by Crippen LogP contribution is -2.35. The minimum atomic E-state index is -0.317. The lowest BCUT2D eigenvalue weighted by Gasteiger charge is -2.26. The largest absolute Gasteiger partial charge is 0.484 e. The maximum absolute atomic E-state index is 13.3. The molecular weight excluding hydrogens is 371 g/mol. The van der Waals surface area contributed by atoms with Crippen LogP contribution in [0.1, 0.15) is 24.6 Å². The standard InChI is InChI=1S/C22H21FN4O2/c23-16-10-8-15(9-11-16)18-13-25-22(24)26-21(18)19-7-4-12-27(19)20(28)14-29-17-5-2-1-3-6-17/h1-3,5-6,8-11,13,19H,4,7,12,14H2,(H2,24,25,26)/t19-/m1/s1. The molecule has 2 aromatic carbocycles. The molecule has 1 aliphatic heterocycles. The van der Waals surface area contributed by atoms with Crippen molar-refractivity contribution in [2.45, 2.75) is 18.9 Å². The molecule has 4 rings (SSSR count). The number of likely N-dealkylation sites (tertiary alicyclic amines) is 1. The zero-order valence-corrected chi connectivity index (χ0v) is 15.8. The summed E-state index contributed by atoms with van der Waals surface area (Å²) in [6.07, 6.45) is 3.25. The van der Waals surface area contributed by atoms with Gasteiger partial charge in [-0.15, -0.1) is 0 Å². The molecule has 0 saturated carbocycles. The number of carbonyl (C=O) groups excluding carboxylic acids is 1. The maximum atomic E-state index is 13.3. The van der Waals surface area contributed by atoms with Crippen LogP contribution < -0.4 is 10.5 Å². The van der Waals surface area contributed by atoms with Crippen LogP contribution in [0.3, 0.4) is 0 Å². The highest BCUT2D eigenvalue weighted by atomic mass is 19.1. The molecule has 3 aromatic rings. The summed E-state index contributed by atoms with van der Waals surface area (Å²) in [6, 6.07) is 15.1. The number of hydrogen-bond donors (Lipinski definition) is 1. The third-order valence-corrected chi connectivity index (χ3v) is 4.99. The molecule has 29 heavy (non-hydrogen) atoms. The number of benzene rings is 2. The van der Waals surface area contributed by atoms with Crippen LogP contribution in [-0.2, 0) is 4.79 Å². The van der Waals surface area contributed by atoms with Gasteiger partial charge in [-0.05, 0) is 42.7 Å². The fraction of sp³-hybridized carbons (Fsp3) is 0.227. The highest BCUT2D eigenvalue weighted by Gasteiger charge is 2.33. The summed E-state index contributed by atoms with van der Waals surface area (Å²) in [4.78, 5) is 23.2. The molecule has 1 saturated heterocycles. The normalized spacial score (nSPS) is 16.0. The van der Waals surface area contributed by atoms with E-state index in [1.54, 1.807) is 23.2 Å². The van der Waals surface area contributed by atoms with Gasteiger partial charge in [-0.2, -0.15) is 0 Å². The number of nitrogen functional groups attached to an aromatic ring is 1. The molecule has 2 heterocycles. The Bertz CT molecular complexity index is 995. The Morgan fingerprint density at radius 3 is 2.69 bits per heavy atom. The van der Waals surface area contributed by atoms with Crippen molar-refractivity contribution in [1.29, 1.82) is 0 Å². The highest BCUT2D eigenvalue weighted by Crippen LogP contribution is 2.36. The smallest absolute Gasteiger partial charge is 0.261 e. The van der Waals surface area contributed by atoms with E-state index in [-0.39, 0.29) is 30.3 Å². The van der Waals surface area contributed by atoms with Crippen LogP contribution in [0.4, 0.5) is 10.3 Å². The Morgan fingerprint density at radius 1 is 1.17 bits per heavy atom. The van der Waals surface area contributed by atoms with Crippen molar-refractivity contribution < 1.29 is 13.9 Å². The number of amides is 1. The van der Waals surface area contributed by atoms with Crippen LogP contribution in [0.25, 0.3) is 11.1 Å². The average molecular weight is 392 g/mol. The molecule has 2 N–H and O–H groups in total. The molecule has 148 valence electrons. The van der Waals surface area contributed by atoms with Gasteiger partial charge in [0.1, 0.15) is 11.6 Å². The molecule has 1 amide bonds. The van der Waals surface area contributed by atoms with E-state index in [1.807, 2.05) is 30.3 Å². The third-order valence-electron chi connectivity index (χ3n) is 4.99. The summed E-state index contributed by atoms with van der Waals surface area (Å²) >= 11 is 0. The monoisotopic (exact) mass is 392 g/mol. The van der Waals surface area contributed by atoms with Crippen molar-refractivity contribution in [3.05, 3.63) is 72.3 Å². The first-order valence-corrected chi connectivity index (χ1v) is 9.47. The van der Waals surface area contributed by atoms with E-state index in [9.17, 15) is 9.18 Å². The van der Waals surface area contributed by atoms with Gasteiger partial charge in [0, 0.05) is 18.3 Å². The number of nitrogens with zero attached hydrogens (tertiary/aromatic N) is 3. The van der Waals surface area contributed by atoms with E-state index in [0.29, 0.717) is 18.0 Å². The first-order chi connectivity index (χ1) is 14.1. The van der Waals surface area contributed by atoms with E-state index in [4.69, 9.17) is 10.5 Å². The number of para-hydroxylation sites is 1. The molecule has 1 fully saturated rings. The molecule has 0 spiro atoms. The van der Waals surface area contributed by atoms with Gasteiger partial charge in [0.2, 0.25) is 5.95 Å². The van der Waals surface area contributed by atoms with E-state index in [1.165, 1.54) is 12.1 Å². The first-order valence-electron chi connectivity index (χ1n) is 9.47. The van der Waals surface area contributed by atoms with Crippen molar-refractivity contribution in [3.63, 3.8) is 0 Å². The Hall–Kier alpha value is -3.48. The second-order valence-corrected chi connectivity index (χ2v) is 6.88. The van der Waals surface area contributed by atoms with Crippen molar-refractivity contribution in [2.24, 2.45) is 0 Å². The number of ether oxygens (including phenoxy) is 1. The molecule has 0 aliphatic carbocycles. The Kier molecular flexibility index (Phi) is 5.37. The van der Waals surface area contributed by atoms with Gasteiger partial charge < -0.3 is 15.4 Å². The number of nitrogens with two attached hydrogens (primary N) is 1. The topological polar surface area (TPSA) is 81.3 Å². The molecule has 0 bridgehead atoms. The average Bonchev–Trinajstić information content (AvgIpc) is 3.23. The fourth-order valence-corrected chi connectivity index (χ4v) is 3.61. The van der Waals surface area contributed by atoms with Gasteiger partial charge in [0.05, 0.1) is 11.7 Å². The van der Waals surface area contributed by atoms with Crippen LogP contribution in [0.15, 0.2) is 60.8 Å². The van der Waals surface area contributed by atoms with Gasteiger partial charge in [0.25, 0.3) is 5.91 Å². The molecule has 1 aliphatic rings. The molecule has 6 nitrogen and oxygen atoms in total. The van der Waals surface area contributed by atoms with E-state index < -0.39 is 0 Å². The van der Waals surface area contributed by atoms with Crippen molar-refractivity contribution >= 4 is 11.9 Å². The van der Waals surface area contributed by atoms with Crippen LogP contribution in [-0.4, -0.2) is 33.9 Å². The molecule has 1 atom stereocenters. The van der Waals surface area contributed by atoms with Crippen LogP contribution in [0.2, 0.25) is 0 Å². The van der Waals surface area contributed by atoms with Crippen molar-refractivity contribution in [1.82, 2.24) is 14.9 Å². The summed E-state index contributed by atoms with van der Waals surface area (Å²) in [5.41, 5.74) is 8.04. The summed E-state index contributed by atoms with van der Waals surface area (Å²) < 4.78 is 19.0. The minimum absolute atomic E-state index is 0.0487. The zero-order chi connectivity index (χ0) is 20.2. The quantitative estimate of drug-likeness (QED) is 0.717. The van der Waals surface area contributed by atoms with Gasteiger partial charge in [0.15, 0.2) is 6.61 Å². The zero-order valence-electron chi connectivity index (χ0n) is 15.8. The molecule has 1 aromatic heterocycles. The lowest BCUT2D eigenvalue weighted by atomic mass is 10.00. The van der Waals surface area contributed by atoms with E-state index in [2.05, 4.69) is 9.97 Å². The van der Waals surface area contributed by atoms with Crippen LogP contribution in [0.5, 0.6) is 5.75 Å². The molecule has 0 radical (unpaired) electrons. The maximum Gasteiger partial charge on any atom is 0.261 e. The third kappa shape index (κ3) is 4.18. The van der Waals surface area contributed by atoms with Gasteiger partial charge in [-0.1, -0.05) is 30.3 Å². The number of carbonyl (C=O) groups is 1. The number of aromatic nitrogens is 2. The van der Waals surface area contributed by atoms with Gasteiger partial charge >= 0.3 is 0 Å². The van der Waals surface area contributed by atoms with Crippen LogP contribution in [0, 0.1) is 5.82 Å². The van der Waals surface area contributed by atoms with Crippen molar-refractivity contribution in [2.75, 3.05) is 18.9 Å². The number of hydrogen-bond acceptors (Lipinski definition) is 5. The Morgan fingerprint density at radius 2 is 1.93 bits per heavy atom. The highest BCUT2D eigenvalue weighted by molar-refractivity contribution is 5.79. The van der Waals surface area contributed by atoms with E-state index in [0.717, 1.165) is 24.0 Å². The Labute approximate surface area is 168 Å². The second-order valence-electron chi connectivity index (χ2n) is 6.88. The van der Waals surface area contributed by atoms with E-state index >= 15 is 0 Å². The number of rotatable bonds is 5. The number of anilines is 1. The Balaban J connectivity index is 1.59. The fourth-order valence-electron chi connectivity index (χ4n) is 3.61. The summed E-state index contributed by atoms with van der Waals surface area (Å²) in [7, 11) is 0. The summed E-state index contributed by atoms with van der Waals surface area (Å²) in [5, 5.41) is 0. The predicted octanol–water partition coefficient (Wildman–Crippen LogP) is 3.61. The molecule has 0 unspecified atom stereocenters. The second kappa shape index (κ2) is 8.26. The lowest BCUT2D eigenvalue weighted by molar-refractivity contribution is -0.134. The minimum Gasteiger partial charge on any atom is -0.484 e. The first kappa shape index (κ1) is 18.9. The predicted molar refractivity (Wildman–Crippen MR) is 107 cm³/mol. The van der Waals surface area contributed by atoms with Crippen molar-refractivity contribution in [3.8, 4) is 16.9 Å². The van der Waals surface area contributed by atoms with Gasteiger partial charge in [-0.25, -0.2) is 14.4 Å².